The summed E-state index contributed by atoms with van der Waals surface area (Å²) in [5.74, 6) is -0.959. The van der Waals surface area contributed by atoms with Gasteiger partial charge in [-0.25, -0.2) is 4.39 Å². The zero-order valence-electron chi connectivity index (χ0n) is 22.5. The molecule has 0 aromatic heterocycles. The monoisotopic (exact) mass is 540 g/mol. The van der Waals surface area contributed by atoms with Crippen LogP contribution in [0.25, 0.3) is 0 Å². The first-order chi connectivity index (χ1) is 19.5. The van der Waals surface area contributed by atoms with Gasteiger partial charge in [-0.15, -0.1) is 0 Å². The van der Waals surface area contributed by atoms with Crippen molar-refractivity contribution in [2.45, 2.75) is 19.3 Å². The Morgan fingerprint density at radius 1 is 0.825 bits per heavy atom. The predicted molar refractivity (Wildman–Crippen MR) is 152 cm³/mol. The molecule has 6 rings (SSSR count). The van der Waals surface area contributed by atoms with Crippen molar-refractivity contribution in [2.75, 3.05) is 55.6 Å². The number of carbonyl (C=O) groups is 3. The first kappa shape index (κ1) is 26.0. The minimum absolute atomic E-state index is 0.149. The molecule has 3 aliphatic heterocycles. The molecule has 0 spiro atoms. The van der Waals surface area contributed by atoms with Crippen LogP contribution in [-0.2, 0) is 11.2 Å². The van der Waals surface area contributed by atoms with Gasteiger partial charge in [0.15, 0.2) is 0 Å². The number of piperidine rings is 1. The lowest BCUT2D eigenvalue weighted by Crippen LogP contribution is -2.52. The van der Waals surface area contributed by atoms with Crippen molar-refractivity contribution in [3.63, 3.8) is 0 Å². The highest BCUT2D eigenvalue weighted by Gasteiger charge is 2.39. The van der Waals surface area contributed by atoms with Crippen LogP contribution in [0.3, 0.4) is 0 Å². The van der Waals surface area contributed by atoms with E-state index in [0.717, 1.165) is 43.7 Å². The summed E-state index contributed by atoms with van der Waals surface area (Å²) in [5, 5.41) is 0. The maximum absolute atomic E-state index is 13.6. The van der Waals surface area contributed by atoms with Crippen molar-refractivity contribution in [3.05, 3.63) is 95.3 Å². The van der Waals surface area contributed by atoms with E-state index in [1.54, 1.807) is 18.2 Å². The molecule has 3 amide bonds. The van der Waals surface area contributed by atoms with Crippen molar-refractivity contribution < 1.29 is 18.8 Å². The molecule has 206 valence electrons. The fraction of sp³-hybridized carbons (Fsp3) is 0.344. The Labute approximate surface area is 233 Å². The fourth-order valence-electron chi connectivity index (χ4n) is 6.20. The van der Waals surface area contributed by atoms with Gasteiger partial charge >= 0.3 is 0 Å². The van der Waals surface area contributed by atoms with Crippen molar-refractivity contribution in [1.82, 2.24) is 9.80 Å². The van der Waals surface area contributed by atoms with Crippen molar-refractivity contribution in [2.24, 2.45) is 5.92 Å². The molecule has 40 heavy (non-hydrogen) atoms. The average molecular weight is 541 g/mol. The molecule has 3 aromatic rings. The number of hydrogen-bond acceptors (Lipinski definition) is 5. The van der Waals surface area contributed by atoms with Gasteiger partial charge in [-0.1, -0.05) is 36.4 Å². The summed E-state index contributed by atoms with van der Waals surface area (Å²) in [6, 6.07) is 21.9. The lowest BCUT2D eigenvalue weighted by Gasteiger charge is -2.40. The molecule has 0 N–H and O–H groups in total. The van der Waals surface area contributed by atoms with Crippen molar-refractivity contribution in [1.29, 1.82) is 0 Å². The van der Waals surface area contributed by atoms with E-state index < -0.39 is 0 Å². The average Bonchev–Trinajstić information content (AvgIpc) is 3.25. The molecule has 0 aliphatic carbocycles. The molecule has 3 aliphatic rings. The number of amides is 3. The smallest absolute Gasteiger partial charge is 0.263 e. The third-order valence-electron chi connectivity index (χ3n) is 8.31. The summed E-state index contributed by atoms with van der Waals surface area (Å²) in [5.41, 5.74) is 3.44. The van der Waals surface area contributed by atoms with Crippen LogP contribution in [0.2, 0.25) is 0 Å². The second kappa shape index (κ2) is 11.1. The summed E-state index contributed by atoms with van der Waals surface area (Å²) in [4.78, 5) is 47.9. The number of benzene rings is 3. The first-order valence-electron chi connectivity index (χ1n) is 14.1. The predicted octanol–water partition coefficient (Wildman–Crippen LogP) is 4.23. The second-order valence-corrected chi connectivity index (χ2v) is 10.8. The largest absolute Gasteiger partial charge is 0.370 e. The number of halogens is 1. The Hall–Kier alpha value is -4.20. The lowest BCUT2D eigenvalue weighted by molar-refractivity contribution is -0.136. The number of imide groups is 1. The van der Waals surface area contributed by atoms with Gasteiger partial charge in [-0.05, 0) is 61.2 Å². The maximum atomic E-state index is 13.6. The SMILES string of the molecule is O=C([C@H]1CCCN(c2cccc3c2C(=O)N(CCc2cccc(F)c2)C3=O)C1)N1CCN(c2ccccc2)CC1. The number of anilines is 2. The van der Waals surface area contributed by atoms with Gasteiger partial charge in [0.2, 0.25) is 5.91 Å². The van der Waals surface area contributed by atoms with Gasteiger partial charge < -0.3 is 14.7 Å². The molecule has 7 nitrogen and oxygen atoms in total. The summed E-state index contributed by atoms with van der Waals surface area (Å²) in [6.07, 6.45) is 2.04. The normalized spacial score (nSPS) is 19.3. The van der Waals surface area contributed by atoms with Crippen LogP contribution in [0.15, 0.2) is 72.8 Å². The Bertz CT molecular complexity index is 1420. The van der Waals surface area contributed by atoms with Crippen LogP contribution in [0, 0.1) is 11.7 Å². The molecular formula is C32H33FN4O3. The van der Waals surface area contributed by atoms with Gasteiger partial charge in [0.25, 0.3) is 11.8 Å². The number of fused-ring (bicyclic) bond motifs is 1. The summed E-state index contributed by atoms with van der Waals surface area (Å²) in [6.45, 7) is 4.44. The minimum atomic E-state index is -0.338. The molecule has 3 heterocycles. The quantitative estimate of drug-likeness (QED) is 0.438. The van der Waals surface area contributed by atoms with Crippen molar-refractivity contribution in [3.8, 4) is 0 Å². The Kier molecular flexibility index (Phi) is 7.24. The minimum Gasteiger partial charge on any atom is -0.370 e. The van der Waals surface area contributed by atoms with E-state index in [1.165, 1.54) is 22.7 Å². The molecule has 0 saturated carbocycles. The molecule has 1 atom stereocenters. The lowest BCUT2D eigenvalue weighted by atomic mass is 9.94. The van der Waals surface area contributed by atoms with Gasteiger partial charge in [0.05, 0.1) is 22.7 Å². The maximum Gasteiger partial charge on any atom is 0.263 e. The highest BCUT2D eigenvalue weighted by molar-refractivity contribution is 6.23. The van der Waals surface area contributed by atoms with Crippen LogP contribution < -0.4 is 9.80 Å². The van der Waals surface area contributed by atoms with Gasteiger partial charge in [0, 0.05) is 51.5 Å². The van der Waals surface area contributed by atoms with E-state index in [4.69, 9.17) is 0 Å². The molecule has 8 heteroatoms. The summed E-state index contributed by atoms with van der Waals surface area (Å²) < 4.78 is 13.6. The topological polar surface area (TPSA) is 64.2 Å². The zero-order chi connectivity index (χ0) is 27.6. The number of para-hydroxylation sites is 1. The molecule has 0 radical (unpaired) electrons. The zero-order valence-corrected chi connectivity index (χ0v) is 22.5. The van der Waals surface area contributed by atoms with Crippen LogP contribution in [-0.4, -0.2) is 73.3 Å². The highest BCUT2D eigenvalue weighted by atomic mass is 19.1. The summed E-state index contributed by atoms with van der Waals surface area (Å²) >= 11 is 0. The standard InChI is InChI=1S/C32H33FN4O3/c33-25-9-4-7-23(21-25)14-16-37-31(39)27-12-5-13-28(29(27)32(37)40)36-15-6-8-24(22-36)30(38)35-19-17-34(18-20-35)26-10-2-1-3-11-26/h1-5,7,9-13,21,24H,6,8,14-20,22H2/t24-/m0/s1. The number of hydrogen-bond donors (Lipinski definition) is 0. The second-order valence-electron chi connectivity index (χ2n) is 10.8. The Morgan fingerprint density at radius 2 is 1.60 bits per heavy atom. The third-order valence-corrected chi connectivity index (χ3v) is 8.31. The van der Waals surface area contributed by atoms with Crippen LogP contribution >= 0.6 is 0 Å². The molecule has 3 aromatic carbocycles. The fourth-order valence-corrected chi connectivity index (χ4v) is 6.20. The molecule has 0 unspecified atom stereocenters. The number of piperazine rings is 1. The first-order valence-corrected chi connectivity index (χ1v) is 14.1. The van der Waals surface area contributed by atoms with Crippen LogP contribution in [0.5, 0.6) is 0 Å². The van der Waals surface area contributed by atoms with Crippen LogP contribution in [0.1, 0.15) is 39.1 Å². The number of carbonyl (C=O) groups excluding carboxylic acids is 3. The van der Waals surface area contributed by atoms with E-state index in [2.05, 4.69) is 21.9 Å². The number of nitrogens with zero attached hydrogens (tertiary/aromatic N) is 4. The molecular weight excluding hydrogens is 507 g/mol. The van der Waals surface area contributed by atoms with E-state index in [1.807, 2.05) is 35.2 Å². The van der Waals surface area contributed by atoms with E-state index in [0.29, 0.717) is 37.2 Å². The van der Waals surface area contributed by atoms with Gasteiger partial charge in [0.1, 0.15) is 5.82 Å². The Balaban J connectivity index is 1.12. The van der Waals surface area contributed by atoms with E-state index in [-0.39, 0.29) is 36.0 Å². The number of rotatable bonds is 6. The van der Waals surface area contributed by atoms with Crippen molar-refractivity contribution >= 4 is 29.1 Å². The third kappa shape index (κ3) is 5.06. The molecule has 2 saturated heterocycles. The summed E-state index contributed by atoms with van der Waals surface area (Å²) in [7, 11) is 0. The Morgan fingerprint density at radius 3 is 2.38 bits per heavy atom. The molecule has 0 bridgehead atoms. The van der Waals surface area contributed by atoms with E-state index >= 15 is 0 Å². The van der Waals surface area contributed by atoms with E-state index in [9.17, 15) is 18.8 Å². The van der Waals surface area contributed by atoms with Gasteiger partial charge in [-0.3, -0.25) is 19.3 Å². The highest BCUT2D eigenvalue weighted by Crippen LogP contribution is 2.34. The van der Waals surface area contributed by atoms with Crippen LogP contribution in [0.4, 0.5) is 15.8 Å². The van der Waals surface area contributed by atoms with Gasteiger partial charge in [-0.2, -0.15) is 0 Å². The molecule has 2 fully saturated rings.